The van der Waals surface area contributed by atoms with Crippen LogP contribution in [0.4, 0.5) is 0 Å². The summed E-state index contributed by atoms with van der Waals surface area (Å²) in [5.41, 5.74) is 3.41. The first-order valence-electron chi connectivity index (χ1n) is 5.32. The Hall–Kier alpha value is -1.28. The van der Waals surface area contributed by atoms with E-state index in [0.29, 0.717) is 0 Å². The first-order valence-corrected chi connectivity index (χ1v) is 5.32. The topological polar surface area (TPSA) is 33.4 Å². The number of fused-ring (bicyclic) bond motifs is 1. The molecule has 0 fully saturated rings. The molecule has 0 aliphatic carbocycles. The molecular formula is C13H16O2. The van der Waals surface area contributed by atoms with E-state index < -0.39 is 0 Å². The lowest BCUT2D eigenvalue weighted by Crippen LogP contribution is -1.88. The number of furan rings is 1. The molecule has 0 saturated carbocycles. The fourth-order valence-electron chi connectivity index (χ4n) is 1.83. The lowest BCUT2D eigenvalue weighted by Gasteiger charge is -1.98. The van der Waals surface area contributed by atoms with Crippen LogP contribution in [0.3, 0.4) is 0 Å². The molecule has 0 aliphatic heterocycles. The van der Waals surface area contributed by atoms with Crippen molar-refractivity contribution in [1.29, 1.82) is 0 Å². The predicted octanol–water partition coefficient (Wildman–Crippen LogP) is 2.97. The molecule has 2 heteroatoms. The van der Waals surface area contributed by atoms with Gasteiger partial charge >= 0.3 is 0 Å². The fourth-order valence-corrected chi connectivity index (χ4v) is 1.83. The van der Waals surface area contributed by atoms with Crippen LogP contribution in [0.15, 0.2) is 22.6 Å². The number of aliphatic hydroxyl groups is 1. The molecule has 0 amide bonds. The van der Waals surface area contributed by atoms with E-state index in [-0.39, 0.29) is 6.61 Å². The van der Waals surface area contributed by atoms with Gasteiger partial charge in [0.25, 0.3) is 0 Å². The van der Waals surface area contributed by atoms with Crippen LogP contribution in [0.25, 0.3) is 11.0 Å². The Balaban J connectivity index is 2.39. The summed E-state index contributed by atoms with van der Waals surface area (Å²) in [4.78, 5) is 0. The summed E-state index contributed by atoms with van der Waals surface area (Å²) in [6, 6.07) is 6.29. The van der Waals surface area contributed by atoms with Gasteiger partial charge in [-0.3, -0.25) is 0 Å². The van der Waals surface area contributed by atoms with Gasteiger partial charge in [0.2, 0.25) is 0 Å². The summed E-state index contributed by atoms with van der Waals surface area (Å²) in [7, 11) is 0. The Morgan fingerprint density at radius 2 is 2.07 bits per heavy atom. The van der Waals surface area contributed by atoms with Crippen LogP contribution < -0.4 is 0 Å². The second-order valence-corrected chi connectivity index (χ2v) is 3.94. The minimum atomic E-state index is 0.244. The third kappa shape index (κ3) is 1.90. The molecule has 0 saturated heterocycles. The highest BCUT2D eigenvalue weighted by molar-refractivity contribution is 5.82. The van der Waals surface area contributed by atoms with E-state index in [1.807, 2.05) is 6.92 Å². The van der Waals surface area contributed by atoms with Crippen molar-refractivity contribution in [1.82, 2.24) is 0 Å². The summed E-state index contributed by atoms with van der Waals surface area (Å²) in [6.07, 6.45) is 1.72. The van der Waals surface area contributed by atoms with Gasteiger partial charge in [-0.2, -0.15) is 0 Å². The molecule has 80 valence electrons. The molecule has 2 nitrogen and oxygen atoms in total. The molecule has 1 heterocycles. The van der Waals surface area contributed by atoms with Crippen LogP contribution in [-0.4, -0.2) is 11.7 Å². The van der Waals surface area contributed by atoms with E-state index >= 15 is 0 Å². The number of hydrogen-bond donors (Lipinski definition) is 1. The summed E-state index contributed by atoms with van der Waals surface area (Å²) >= 11 is 0. The molecule has 0 bridgehead atoms. The van der Waals surface area contributed by atoms with Crippen molar-refractivity contribution in [3.63, 3.8) is 0 Å². The number of benzene rings is 1. The minimum absolute atomic E-state index is 0.244. The number of aryl methyl sites for hydroxylation is 3. The maximum absolute atomic E-state index is 8.77. The van der Waals surface area contributed by atoms with Crippen LogP contribution in [0.2, 0.25) is 0 Å². The summed E-state index contributed by atoms with van der Waals surface area (Å²) < 4.78 is 5.66. The Morgan fingerprint density at radius 3 is 2.80 bits per heavy atom. The zero-order chi connectivity index (χ0) is 10.8. The Labute approximate surface area is 89.5 Å². The van der Waals surface area contributed by atoms with Gasteiger partial charge in [0.1, 0.15) is 11.3 Å². The lowest BCUT2D eigenvalue weighted by molar-refractivity contribution is 0.288. The Morgan fingerprint density at radius 1 is 1.27 bits per heavy atom. The summed E-state index contributed by atoms with van der Waals surface area (Å²) in [5, 5.41) is 9.96. The van der Waals surface area contributed by atoms with E-state index in [9.17, 15) is 0 Å². The third-order valence-corrected chi connectivity index (χ3v) is 2.86. The molecule has 1 aromatic heterocycles. The predicted molar refractivity (Wildman–Crippen MR) is 61.1 cm³/mol. The van der Waals surface area contributed by atoms with Gasteiger partial charge in [-0.15, -0.1) is 0 Å². The van der Waals surface area contributed by atoms with Crippen molar-refractivity contribution in [2.75, 3.05) is 6.61 Å². The molecule has 0 spiro atoms. The molecule has 2 rings (SSSR count). The normalized spacial score (nSPS) is 11.1. The van der Waals surface area contributed by atoms with Gasteiger partial charge in [0, 0.05) is 12.0 Å². The number of rotatable bonds is 3. The number of hydrogen-bond acceptors (Lipinski definition) is 2. The maximum atomic E-state index is 8.77. The van der Waals surface area contributed by atoms with Gasteiger partial charge in [-0.25, -0.2) is 0 Å². The van der Waals surface area contributed by atoms with E-state index in [1.165, 1.54) is 16.5 Å². The van der Waals surface area contributed by atoms with E-state index in [4.69, 9.17) is 9.52 Å². The molecule has 0 aliphatic rings. The standard InChI is InChI=1S/C13H16O2/c1-9-10(2)15-13-8-11(4-3-7-14)5-6-12(9)13/h5-6,8,14H,3-4,7H2,1-2H3. The SMILES string of the molecule is Cc1oc2cc(CCCO)ccc2c1C. The second kappa shape index (κ2) is 4.07. The number of aliphatic hydroxyl groups excluding tert-OH is 1. The molecular weight excluding hydrogens is 188 g/mol. The average molecular weight is 204 g/mol. The second-order valence-electron chi connectivity index (χ2n) is 3.94. The van der Waals surface area contributed by atoms with Crippen molar-refractivity contribution >= 4 is 11.0 Å². The van der Waals surface area contributed by atoms with Crippen molar-refractivity contribution in [3.8, 4) is 0 Å². The van der Waals surface area contributed by atoms with Gasteiger partial charge in [0.15, 0.2) is 0 Å². The molecule has 0 radical (unpaired) electrons. The first kappa shape index (κ1) is 10.2. The monoisotopic (exact) mass is 204 g/mol. The van der Waals surface area contributed by atoms with Crippen LogP contribution in [0.5, 0.6) is 0 Å². The van der Waals surface area contributed by atoms with Gasteiger partial charge in [-0.05, 0) is 43.9 Å². The van der Waals surface area contributed by atoms with Crippen LogP contribution in [0.1, 0.15) is 23.3 Å². The van der Waals surface area contributed by atoms with Crippen molar-refractivity contribution in [2.45, 2.75) is 26.7 Å². The Kier molecular flexibility index (Phi) is 2.78. The third-order valence-electron chi connectivity index (χ3n) is 2.86. The zero-order valence-electron chi connectivity index (χ0n) is 9.21. The van der Waals surface area contributed by atoms with Gasteiger partial charge in [0.05, 0.1) is 0 Å². The molecule has 0 unspecified atom stereocenters. The van der Waals surface area contributed by atoms with E-state index in [0.717, 1.165) is 24.2 Å². The highest BCUT2D eigenvalue weighted by atomic mass is 16.3. The fraction of sp³-hybridized carbons (Fsp3) is 0.385. The minimum Gasteiger partial charge on any atom is -0.461 e. The summed E-state index contributed by atoms with van der Waals surface area (Å²) in [5.74, 6) is 0.990. The molecule has 2 aromatic rings. The smallest absolute Gasteiger partial charge is 0.134 e. The highest BCUT2D eigenvalue weighted by Crippen LogP contribution is 2.25. The largest absolute Gasteiger partial charge is 0.461 e. The van der Waals surface area contributed by atoms with Crippen LogP contribution in [-0.2, 0) is 6.42 Å². The van der Waals surface area contributed by atoms with Crippen molar-refractivity contribution in [2.24, 2.45) is 0 Å². The molecule has 15 heavy (non-hydrogen) atoms. The Bertz CT molecular complexity index is 469. The molecule has 1 N–H and O–H groups in total. The first-order chi connectivity index (χ1) is 7.22. The average Bonchev–Trinajstić information content (AvgIpc) is 2.52. The lowest BCUT2D eigenvalue weighted by atomic mass is 10.1. The molecule has 0 atom stereocenters. The maximum Gasteiger partial charge on any atom is 0.134 e. The van der Waals surface area contributed by atoms with E-state index in [2.05, 4.69) is 25.1 Å². The van der Waals surface area contributed by atoms with Crippen molar-refractivity contribution in [3.05, 3.63) is 35.1 Å². The van der Waals surface area contributed by atoms with Crippen molar-refractivity contribution < 1.29 is 9.52 Å². The quantitative estimate of drug-likeness (QED) is 0.833. The zero-order valence-corrected chi connectivity index (χ0v) is 9.21. The molecule has 1 aromatic carbocycles. The van der Waals surface area contributed by atoms with Gasteiger partial charge < -0.3 is 9.52 Å². The van der Waals surface area contributed by atoms with Crippen LogP contribution >= 0.6 is 0 Å². The highest BCUT2D eigenvalue weighted by Gasteiger charge is 2.06. The summed E-state index contributed by atoms with van der Waals surface area (Å²) in [6.45, 7) is 4.31. The van der Waals surface area contributed by atoms with Crippen LogP contribution in [0, 0.1) is 13.8 Å². The van der Waals surface area contributed by atoms with E-state index in [1.54, 1.807) is 0 Å². The van der Waals surface area contributed by atoms with Gasteiger partial charge in [-0.1, -0.05) is 12.1 Å².